The van der Waals surface area contributed by atoms with E-state index in [-0.39, 0.29) is 5.82 Å². The number of para-hydroxylation sites is 1. The zero-order valence-electron chi connectivity index (χ0n) is 15.3. The Kier molecular flexibility index (Phi) is 5.77. The molecule has 2 aromatic carbocycles. The molecule has 0 unspecified atom stereocenters. The first-order valence-corrected chi connectivity index (χ1v) is 9.90. The molecule has 0 amide bonds. The maximum absolute atomic E-state index is 14.2. The molecule has 3 aromatic rings. The number of ether oxygens (including phenoxy) is 1. The van der Waals surface area contributed by atoms with Crippen LogP contribution >= 0.6 is 11.6 Å². The zero-order valence-corrected chi connectivity index (χ0v) is 16.1. The summed E-state index contributed by atoms with van der Waals surface area (Å²) in [7, 11) is 0. The SMILES string of the molecule is Fc1cccc(Cl)c1Cn1cc(CCCN2CCOCC2)c2ccccc21. The van der Waals surface area contributed by atoms with Crippen molar-refractivity contribution in [2.75, 3.05) is 32.8 Å². The zero-order chi connectivity index (χ0) is 18.6. The summed E-state index contributed by atoms with van der Waals surface area (Å²) in [4.78, 5) is 2.46. The predicted molar refractivity (Wildman–Crippen MR) is 108 cm³/mol. The molecule has 142 valence electrons. The van der Waals surface area contributed by atoms with Gasteiger partial charge in [0.1, 0.15) is 5.82 Å². The lowest BCUT2D eigenvalue weighted by molar-refractivity contribution is 0.0375. The van der Waals surface area contributed by atoms with Crippen LogP contribution in [0.5, 0.6) is 0 Å². The highest BCUT2D eigenvalue weighted by molar-refractivity contribution is 6.31. The number of aromatic nitrogens is 1. The van der Waals surface area contributed by atoms with Crippen molar-refractivity contribution in [3.63, 3.8) is 0 Å². The fourth-order valence-electron chi connectivity index (χ4n) is 3.82. The minimum atomic E-state index is -0.255. The lowest BCUT2D eigenvalue weighted by atomic mass is 10.1. The van der Waals surface area contributed by atoms with Crippen LogP contribution in [0.25, 0.3) is 10.9 Å². The monoisotopic (exact) mass is 386 g/mol. The third-order valence-electron chi connectivity index (χ3n) is 5.29. The van der Waals surface area contributed by atoms with Crippen molar-refractivity contribution in [3.8, 4) is 0 Å². The summed E-state index contributed by atoms with van der Waals surface area (Å²) < 4.78 is 21.8. The maximum atomic E-state index is 14.2. The van der Waals surface area contributed by atoms with Crippen LogP contribution in [0, 0.1) is 5.82 Å². The summed E-state index contributed by atoms with van der Waals surface area (Å²) in [5.74, 6) is -0.255. The van der Waals surface area contributed by atoms with Crippen molar-refractivity contribution >= 4 is 22.5 Å². The number of hydrogen-bond acceptors (Lipinski definition) is 2. The quantitative estimate of drug-likeness (QED) is 0.608. The number of rotatable bonds is 6. The van der Waals surface area contributed by atoms with Gasteiger partial charge < -0.3 is 9.30 Å². The topological polar surface area (TPSA) is 17.4 Å². The van der Waals surface area contributed by atoms with Gasteiger partial charge in [-0.05, 0) is 43.1 Å². The van der Waals surface area contributed by atoms with E-state index < -0.39 is 0 Å². The smallest absolute Gasteiger partial charge is 0.129 e. The molecule has 0 spiro atoms. The van der Waals surface area contributed by atoms with Gasteiger partial charge in [0.05, 0.1) is 19.8 Å². The summed E-state index contributed by atoms with van der Waals surface area (Å²) in [5, 5.41) is 1.72. The van der Waals surface area contributed by atoms with Gasteiger partial charge >= 0.3 is 0 Å². The molecule has 2 heterocycles. The van der Waals surface area contributed by atoms with Gasteiger partial charge in [-0.3, -0.25) is 4.90 Å². The van der Waals surface area contributed by atoms with Gasteiger partial charge in [0.2, 0.25) is 0 Å². The Morgan fingerprint density at radius 3 is 2.67 bits per heavy atom. The molecule has 0 bridgehead atoms. The van der Waals surface area contributed by atoms with Crippen LogP contribution in [0.2, 0.25) is 5.02 Å². The Morgan fingerprint density at radius 2 is 1.85 bits per heavy atom. The van der Waals surface area contributed by atoms with Crippen LogP contribution in [0.15, 0.2) is 48.7 Å². The molecular weight excluding hydrogens is 363 g/mol. The molecule has 0 atom stereocenters. The van der Waals surface area contributed by atoms with E-state index in [0.29, 0.717) is 17.1 Å². The van der Waals surface area contributed by atoms with Crippen molar-refractivity contribution in [1.82, 2.24) is 9.47 Å². The number of benzene rings is 2. The summed E-state index contributed by atoms with van der Waals surface area (Å²) in [6.45, 7) is 5.24. The average molecular weight is 387 g/mol. The third-order valence-corrected chi connectivity index (χ3v) is 5.64. The van der Waals surface area contributed by atoms with Crippen molar-refractivity contribution in [2.45, 2.75) is 19.4 Å². The van der Waals surface area contributed by atoms with Crippen molar-refractivity contribution in [3.05, 3.63) is 70.6 Å². The standard InChI is InChI=1S/C22H24ClFN2O/c23-20-7-3-8-21(24)19(20)16-26-15-17(18-6-1-2-9-22(18)26)5-4-10-25-11-13-27-14-12-25/h1-3,6-9,15H,4-5,10-14,16H2. The Labute approximate surface area is 164 Å². The molecule has 1 fully saturated rings. The molecule has 1 aliphatic heterocycles. The number of nitrogens with zero attached hydrogens (tertiary/aromatic N) is 2. The largest absolute Gasteiger partial charge is 0.379 e. The molecule has 27 heavy (non-hydrogen) atoms. The Bertz CT molecular complexity index is 898. The van der Waals surface area contributed by atoms with Gasteiger partial charge in [-0.2, -0.15) is 0 Å². The van der Waals surface area contributed by atoms with Gasteiger partial charge in [0.25, 0.3) is 0 Å². The van der Waals surface area contributed by atoms with Gasteiger partial charge in [-0.25, -0.2) is 4.39 Å². The lowest BCUT2D eigenvalue weighted by Gasteiger charge is -2.26. The van der Waals surface area contributed by atoms with Crippen LogP contribution in [-0.2, 0) is 17.7 Å². The minimum absolute atomic E-state index is 0.255. The maximum Gasteiger partial charge on any atom is 0.129 e. The highest BCUT2D eigenvalue weighted by atomic mass is 35.5. The first-order chi connectivity index (χ1) is 13.2. The molecule has 0 radical (unpaired) electrons. The molecular formula is C22H24ClFN2O. The molecule has 0 aliphatic carbocycles. The molecule has 1 aliphatic rings. The minimum Gasteiger partial charge on any atom is -0.379 e. The normalized spacial score (nSPS) is 15.5. The first-order valence-electron chi connectivity index (χ1n) is 9.52. The Balaban J connectivity index is 1.54. The van der Waals surface area contributed by atoms with E-state index in [1.165, 1.54) is 17.0 Å². The lowest BCUT2D eigenvalue weighted by Crippen LogP contribution is -2.36. The summed E-state index contributed by atoms with van der Waals surface area (Å²) in [6, 6.07) is 13.2. The second-order valence-electron chi connectivity index (χ2n) is 7.06. The predicted octanol–water partition coefficient (Wildman–Crippen LogP) is 4.75. The van der Waals surface area contributed by atoms with Gasteiger partial charge in [0.15, 0.2) is 0 Å². The van der Waals surface area contributed by atoms with Gasteiger partial charge in [-0.1, -0.05) is 35.9 Å². The summed E-state index contributed by atoms with van der Waals surface area (Å²) in [5.41, 5.74) is 2.98. The molecule has 0 N–H and O–H groups in total. The van der Waals surface area contributed by atoms with E-state index in [9.17, 15) is 4.39 Å². The number of morpholine rings is 1. The number of halogens is 2. The summed E-state index contributed by atoms with van der Waals surface area (Å²) in [6.07, 6.45) is 4.27. The highest BCUT2D eigenvalue weighted by Crippen LogP contribution is 2.26. The number of fused-ring (bicyclic) bond motifs is 1. The van der Waals surface area contributed by atoms with Crippen LogP contribution in [0.4, 0.5) is 4.39 Å². The fourth-order valence-corrected chi connectivity index (χ4v) is 4.05. The van der Waals surface area contributed by atoms with E-state index in [1.807, 2.05) is 6.07 Å². The van der Waals surface area contributed by atoms with E-state index in [2.05, 4.69) is 33.9 Å². The molecule has 1 aromatic heterocycles. The van der Waals surface area contributed by atoms with Crippen molar-refractivity contribution in [1.29, 1.82) is 0 Å². The van der Waals surface area contributed by atoms with Crippen LogP contribution < -0.4 is 0 Å². The number of hydrogen-bond donors (Lipinski definition) is 0. The van der Waals surface area contributed by atoms with E-state index >= 15 is 0 Å². The molecule has 5 heteroatoms. The second-order valence-corrected chi connectivity index (χ2v) is 7.46. The fraction of sp³-hybridized carbons (Fsp3) is 0.364. The van der Waals surface area contributed by atoms with Gasteiger partial charge in [-0.15, -0.1) is 0 Å². The van der Waals surface area contributed by atoms with Crippen LogP contribution in [0.1, 0.15) is 17.5 Å². The van der Waals surface area contributed by atoms with E-state index in [1.54, 1.807) is 12.1 Å². The van der Waals surface area contributed by atoms with Crippen molar-refractivity contribution in [2.24, 2.45) is 0 Å². The molecule has 4 rings (SSSR count). The highest BCUT2D eigenvalue weighted by Gasteiger charge is 2.14. The second kappa shape index (κ2) is 8.42. The first kappa shape index (κ1) is 18.5. The summed E-state index contributed by atoms with van der Waals surface area (Å²) >= 11 is 6.24. The Morgan fingerprint density at radius 1 is 1.04 bits per heavy atom. The van der Waals surface area contributed by atoms with Crippen LogP contribution in [-0.4, -0.2) is 42.3 Å². The van der Waals surface area contributed by atoms with Crippen molar-refractivity contribution < 1.29 is 9.13 Å². The molecule has 0 saturated carbocycles. The van der Waals surface area contributed by atoms with E-state index in [0.717, 1.165) is 51.2 Å². The van der Waals surface area contributed by atoms with Gasteiger partial charge in [0, 0.05) is 40.8 Å². The average Bonchev–Trinajstić information content (AvgIpc) is 3.04. The van der Waals surface area contributed by atoms with E-state index in [4.69, 9.17) is 16.3 Å². The number of aryl methyl sites for hydroxylation is 1. The molecule has 3 nitrogen and oxygen atoms in total. The van der Waals surface area contributed by atoms with Crippen LogP contribution in [0.3, 0.4) is 0 Å². The molecule has 1 saturated heterocycles. The third kappa shape index (κ3) is 4.18. The Hall–Kier alpha value is -1.88.